The highest BCUT2D eigenvalue weighted by Crippen LogP contribution is 2.24. The second-order valence-electron chi connectivity index (χ2n) is 6.06. The van der Waals surface area contributed by atoms with Crippen molar-refractivity contribution in [2.45, 2.75) is 25.4 Å². The molecule has 0 spiro atoms. The summed E-state index contributed by atoms with van der Waals surface area (Å²) in [6, 6.07) is 5.83. The highest BCUT2D eigenvalue weighted by atomic mass is 16.5. The number of benzene rings is 1. The Morgan fingerprint density at radius 3 is 2.77 bits per heavy atom. The zero-order valence-corrected chi connectivity index (χ0v) is 16.0. The molecular weight excluding hydrogens is 334 g/mol. The molecule has 146 valence electrons. The minimum atomic E-state index is 0.269. The van der Waals surface area contributed by atoms with Crippen LogP contribution >= 0.6 is 0 Å². The summed E-state index contributed by atoms with van der Waals surface area (Å²) in [5.41, 5.74) is 1.10. The first kappa shape index (κ1) is 20.3. The van der Waals surface area contributed by atoms with Crippen molar-refractivity contribution in [2.24, 2.45) is 4.99 Å². The van der Waals surface area contributed by atoms with E-state index >= 15 is 0 Å². The van der Waals surface area contributed by atoms with Gasteiger partial charge in [-0.05, 0) is 43.0 Å². The molecule has 0 saturated carbocycles. The van der Waals surface area contributed by atoms with Gasteiger partial charge < -0.3 is 29.6 Å². The third kappa shape index (κ3) is 6.72. The average molecular weight is 365 g/mol. The Morgan fingerprint density at radius 1 is 1.23 bits per heavy atom. The van der Waals surface area contributed by atoms with E-state index in [4.69, 9.17) is 18.9 Å². The topological polar surface area (TPSA) is 73.3 Å². The number of nitrogens with one attached hydrogen (secondary N) is 2. The number of rotatable bonds is 10. The molecule has 1 fully saturated rings. The van der Waals surface area contributed by atoms with Crippen molar-refractivity contribution in [2.75, 3.05) is 54.2 Å². The van der Waals surface area contributed by atoms with Crippen LogP contribution in [0.15, 0.2) is 23.2 Å². The highest BCUT2D eigenvalue weighted by Gasteiger charge is 2.15. The summed E-state index contributed by atoms with van der Waals surface area (Å²) in [5, 5.41) is 6.62. The van der Waals surface area contributed by atoms with Crippen LogP contribution in [0.5, 0.6) is 11.5 Å². The Labute approximate surface area is 156 Å². The molecule has 1 aliphatic rings. The fourth-order valence-electron chi connectivity index (χ4n) is 2.79. The average Bonchev–Trinajstić information content (AvgIpc) is 3.19. The molecule has 0 aliphatic carbocycles. The summed E-state index contributed by atoms with van der Waals surface area (Å²) in [6.45, 7) is 3.84. The van der Waals surface area contributed by atoms with E-state index in [0.29, 0.717) is 0 Å². The van der Waals surface area contributed by atoms with Crippen molar-refractivity contribution >= 4 is 5.96 Å². The lowest BCUT2D eigenvalue weighted by molar-refractivity contribution is 0.0420. The first-order valence-electron chi connectivity index (χ1n) is 9.11. The smallest absolute Gasteiger partial charge is 0.190 e. The second kappa shape index (κ2) is 11.6. The van der Waals surface area contributed by atoms with Gasteiger partial charge in [0.25, 0.3) is 0 Å². The molecule has 1 heterocycles. The Kier molecular flexibility index (Phi) is 9.06. The fourth-order valence-corrected chi connectivity index (χ4v) is 2.79. The van der Waals surface area contributed by atoms with Gasteiger partial charge in [0.15, 0.2) is 5.96 Å². The maximum absolute atomic E-state index is 5.75. The van der Waals surface area contributed by atoms with E-state index in [2.05, 4.69) is 15.6 Å². The molecule has 0 bridgehead atoms. The summed E-state index contributed by atoms with van der Waals surface area (Å²) >= 11 is 0. The van der Waals surface area contributed by atoms with Gasteiger partial charge in [-0.1, -0.05) is 0 Å². The Balaban J connectivity index is 1.65. The van der Waals surface area contributed by atoms with Crippen molar-refractivity contribution in [1.29, 1.82) is 0 Å². The number of methoxy groups -OCH3 is 2. The van der Waals surface area contributed by atoms with E-state index in [-0.39, 0.29) is 6.10 Å². The number of hydrogen-bond acceptors (Lipinski definition) is 5. The van der Waals surface area contributed by atoms with Gasteiger partial charge in [-0.2, -0.15) is 0 Å². The second-order valence-corrected chi connectivity index (χ2v) is 6.06. The fraction of sp³-hybridized carbons (Fsp3) is 0.632. The van der Waals surface area contributed by atoms with Crippen LogP contribution in [0, 0.1) is 0 Å². The van der Waals surface area contributed by atoms with E-state index in [0.717, 1.165) is 75.2 Å². The van der Waals surface area contributed by atoms with Crippen LogP contribution in [0.1, 0.15) is 18.4 Å². The summed E-state index contributed by atoms with van der Waals surface area (Å²) in [5.74, 6) is 2.48. The maximum atomic E-state index is 5.75. The van der Waals surface area contributed by atoms with Crippen LogP contribution in [-0.2, 0) is 15.9 Å². The van der Waals surface area contributed by atoms with E-state index in [1.807, 2.05) is 18.2 Å². The number of ether oxygens (including phenoxy) is 4. The molecule has 1 aromatic rings. The number of aliphatic imine (C=N–C) groups is 1. The lowest BCUT2D eigenvalue weighted by atomic mass is 10.1. The standard InChI is InChI=1S/C19H31N3O4/c1-20-19(21-9-4-11-26-17-8-12-25-14-17)22-10-7-15-13-16(23-2)5-6-18(15)24-3/h5-6,13,17H,4,7-12,14H2,1-3H3,(H2,20,21,22). The molecule has 1 atom stereocenters. The van der Waals surface area contributed by atoms with Crippen molar-refractivity contribution in [3.05, 3.63) is 23.8 Å². The molecule has 1 unspecified atom stereocenters. The third-order valence-electron chi connectivity index (χ3n) is 4.25. The molecule has 0 radical (unpaired) electrons. The van der Waals surface area contributed by atoms with Crippen LogP contribution in [0.3, 0.4) is 0 Å². The molecule has 1 aromatic carbocycles. The van der Waals surface area contributed by atoms with Crippen LogP contribution in [-0.4, -0.2) is 66.2 Å². The predicted octanol–water partition coefficient (Wildman–Crippen LogP) is 1.61. The third-order valence-corrected chi connectivity index (χ3v) is 4.25. The van der Waals surface area contributed by atoms with Gasteiger partial charge in [0.05, 0.1) is 26.9 Å². The normalized spacial score (nSPS) is 17.2. The molecule has 0 aromatic heterocycles. The summed E-state index contributed by atoms with van der Waals surface area (Å²) in [4.78, 5) is 4.25. The van der Waals surface area contributed by atoms with Crippen LogP contribution in [0.2, 0.25) is 0 Å². The van der Waals surface area contributed by atoms with E-state index in [9.17, 15) is 0 Å². The minimum Gasteiger partial charge on any atom is -0.497 e. The molecule has 2 N–H and O–H groups in total. The molecule has 2 rings (SSSR count). The van der Waals surface area contributed by atoms with Crippen LogP contribution in [0.25, 0.3) is 0 Å². The highest BCUT2D eigenvalue weighted by molar-refractivity contribution is 5.79. The van der Waals surface area contributed by atoms with Crippen LogP contribution in [0.4, 0.5) is 0 Å². The number of hydrogen-bond donors (Lipinski definition) is 2. The van der Waals surface area contributed by atoms with Crippen molar-refractivity contribution in [3.63, 3.8) is 0 Å². The number of guanidine groups is 1. The van der Waals surface area contributed by atoms with Gasteiger partial charge >= 0.3 is 0 Å². The first-order chi connectivity index (χ1) is 12.8. The maximum Gasteiger partial charge on any atom is 0.190 e. The largest absolute Gasteiger partial charge is 0.497 e. The quantitative estimate of drug-likeness (QED) is 0.373. The minimum absolute atomic E-state index is 0.269. The Morgan fingerprint density at radius 2 is 2.08 bits per heavy atom. The molecule has 7 nitrogen and oxygen atoms in total. The molecule has 0 amide bonds. The zero-order valence-electron chi connectivity index (χ0n) is 16.0. The Hall–Kier alpha value is -1.99. The van der Waals surface area contributed by atoms with Gasteiger partial charge in [0.2, 0.25) is 0 Å². The van der Waals surface area contributed by atoms with Gasteiger partial charge in [0, 0.05) is 33.4 Å². The van der Waals surface area contributed by atoms with Crippen molar-refractivity contribution < 1.29 is 18.9 Å². The van der Waals surface area contributed by atoms with Crippen molar-refractivity contribution in [1.82, 2.24) is 10.6 Å². The van der Waals surface area contributed by atoms with Crippen LogP contribution < -0.4 is 20.1 Å². The SMILES string of the molecule is CN=C(NCCCOC1CCOC1)NCCc1cc(OC)ccc1OC. The Bertz CT molecular complexity index is 560. The molecule has 1 saturated heterocycles. The first-order valence-corrected chi connectivity index (χ1v) is 9.11. The van der Waals surface area contributed by atoms with Gasteiger partial charge in [-0.25, -0.2) is 0 Å². The zero-order chi connectivity index (χ0) is 18.6. The van der Waals surface area contributed by atoms with E-state index in [1.54, 1.807) is 21.3 Å². The lowest BCUT2D eigenvalue weighted by Crippen LogP contribution is -2.39. The van der Waals surface area contributed by atoms with Gasteiger partial charge in [0.1, 0.15) is 11.5 Å². The molecule has 26 heavy (non-hydrogen) atoms. The van der Waals surface area contributed by atoms with Gasteiger partial charge in [-0.15, -0.1) is 0 Å². The van der Waals surface area contributed by atoms with Crippen molar-refractivity contribution in [3.8, 4) is 11.5 Å². The summed E-state index contributed by atoms with van der Waals surface area (Å²) < 4.78 is 21.7. The molecular formula is C19H31N3O4. The van der Waals surface area contributed by atoms with E-state index < -0.39 is 0 Å². The summed E-state index contributed by atoms with van der Waals surface area (Å²) in [7, 11) is 5.12. The predicted molar refractivity (Wildman–Crippen MR) is 102 cm³/mol. The molecule has 7 heteroatoms. The molecule has 1 aliphatic heterocycles. The monoisotopic (exact) mass is 365 g/mol. The van der Waals surface area contributed by atoms with E-state index in [1.165, 1.54) is 0 Å². The lowest BCUT2D eigenvalue weighted by Gasteiger charge is -2.14. The van der Waals surface area contributed by atoms with Gasteiger partial charge in [-0.3, -0.25) is 4.99 Å². The summed E-state index contributed by atoms with van der Waals surface area (Å²) in [6.07, 6.45) is 3.02. The number of nitrogens with zero attached hydrogens (tertiary/aromatic N) is 1.